The molecule has 14 heavy (non-hydrogen) atoms. The second kappa shape index (κ2) is 3.81. The summed E-state index contributed by atoms with van der Waals surface area (Å²) in [4.78, 5) is 11.3. The van der Waals surface area contributed by atoms with Crippen molar-refractivity contribution in [3.05, 3.63) is 33.1 Å². The Hall–Kier alpha value is -0.710. The minimum absolute atomic E-state index is 0.0147. The van der Waals surface area contributed by atoms with Gasteiger partial charge in [-0.25, -0.2) is 0 Å². The second-order valence-corrected chi connectivity index (χ2v) is 4.86. The Morgan fingerprint density at radius 3 is 2.86 bits per heavy atom. The van der Waals surface area contributed by atoms with Crippen molar-refractivity contribution >= 4 is 43.6 Å². The summed E-state index contributed by atoms with van der Waals surface area (Å²) in [6.07, 6.45) is 0.843. The third-order valence-electron chi connectivity index (χ3n) is 1.95. The van der Waals surface area contributed by atoms with Crippen LogP contribution in [0.25, 0.3) is 10.1 Å². The summed E-state index contributed by atoms with van der Waals surface area (Å²) < 4.78 is 1.97. The van der Waals surface area contributed by atoms with E-state index in [9.17, 15) is 4.79 Å². The Morgan fingerprint density at radius 1 is 1.43 bits per heavy atom. The summed E-state index contributed by atoms with van der Waals surface area (Å²) in [6.45, 7) is 0.0147. The smallest absolute Gasteiger partial charge is 0.160 e. The Morgan fingerprint density at radius 2 is 2.21 bits per heavy atom. The summed E-state index contributed by atoms with van der Waals surface area (Å²) >= 11 is 4.86. The van der Waals surface area contributed by atoms with Gasteiger partial charge in [0.25, 0.3) is 0 Å². The molecule has 0 aliphatic carbocycles. The molecule has 0 aliphatic heterocycles. The molecule has 0 unspecified atom stereocenters. The van der Waals surface area contributed by atoms with Gasteiger partial charge in [0, 0.05) is 9.17 Å². The molecule has 0 radical (unpaired) electrons. The highest BCUT2D eigenvalue weighted by atomic mass is 79.9. The van der Waals surface area contributed by atoms with Gasteiger partial charge in [-0.3, -0.25) is 4.79 Å². The number of thiophene rings is 1. The van der Waals surface area contributed by atoms with Gasteiger partial charge in [-0.1, -0.05) is 0 Å². The summed E-state index contributed by atoms with van der Waals surface area (Å²) in [6, 6.07) is 5.59. The number of carbonyl (C=O) groups is 1. The molecule has 0 saturated carbocycles. The predicted molar refractivity (Wildman–Crippen MR) is 60.8 cm³/mol. The number of carbonyl (C=O) groups excluding carboxylic acids is 1. The Labute approximate surface area is 93.3 Å². The van der Waals surface area contributed by atoms with Gasteiger partial charge >= 0.3 is 0 Å². The predicted octanol–water partition coefficient (Wildman–Crippen LogP) is 2.97. The number of aliphatic hydroxyl groups is 1. The number of rotatable bonds is 2. The highest BCUT2D eigenvalue weighted by Gasteiger charge is 2.06. The fourth-order valence-electron chi connectivity index (χ4n) is 1.34. The van der Waals surface area contributed by atoms with Crippen molar-refractivity contribution in [2.45, 2.75) is 6.61 Å². The average Bonchev–Trinajstić information content (AvgIpc) is 2.61. The molecule has 0 bridgehead atoms. The van der Waals surface area contributed by atoms with E-state index < -0.39 is 0 Å². The van der Waals surface area contributed by atoms with Crippen molar-refractivity contribution in [3.8, 4) is 0 Å². The van der Waals surface area contributed by atoms with Crippen LogP contribution in [0.3, 0.4) is 0 Å². The van der Waals surface area contributed by atoms with E-state index in [1.165, 1.54) is 11.3 Å². The maximum Gasteiger partial charge on any atom is 0.160 e. The summed E-state index contributed by atoms with van der Waals surface area (Å²) in [5.41, 5.74) is 0.847. The van der Waals surface area contributed by atoms with E-state index in [0.717, 1.165) is 26.4 Å². The maximum absolute atomic E-state index is 10.6. The van der Waals surface area contributed by atoms with Crippen LogP contribution in [0.15, 0.2) is 22.7 Å². The lowest BCUT2D eigenvalue weighted by Crippen LogP contribution is -1.81. The van der Waals surface area contributed by atoms with E-state index in [2.05, 4.69) is 15.9 Å². The van der Waals surface area contributed by atoms with E-state index >= 15 is 0 Å². The number of hydrogen-bond donors (Lipinski definition) is 1. The molecule has 1 aromatic heterocycles. The Balaban J connectivity index is 2.73. The van der Waals surface area contributed by atoms with E-state index in [-0.39, 0.29) is 6.61 Å². The minimum Gasteiger partial charge on any atom is -0.392 e. The maximum atomic E-state index is 10.6. The van der Waals surface area contributed by atoms with Crippen molar-refractivity contribution in [2.24, 2.45) is 0 Å². The van der Waals surface area contributed by atoms with Gasteiger partial charge in [-0.05, 0) is 45.1 Å². The largest absolute Gasteiger partial charge is 0.392 e. The van der Waals surface area contributed by atoms with Crippen LogP contribution in [0.2, 0.25) is 0 Å². The lowest BCUT2D eigenvalue weighted by Gasteiger charge is -1.98. The van der Waals surface area contributed by atoms with E-state index in [1.807, 2.05) is 18.2 Å². The van der Waals surface area contributed by atoms with Gasteiger partial charge in [0.15, 0.2) is 6.29 Å². The first-order chi connectivity index (χ1) is 6.74. The molecule has 0 spiro atoms. The molecular formula is C10H7BrO2S. The standard InChI is InChI=1S/C10H7BrO2S/c11-9-2-6(4-12)1-7-3-8(5-13)14-10(7)9/h1-3,5,12H,4H2. The van der Waals surface area contributed by atoms with E-state index in [1.54, 1.807) is 0 Å². The molecule has 2 rings (SSSR count). The molecular weight excluding hydrogens is 264 g/mol. The first-order valence-electron chi connectivity index (χ1n) is 4.02. The van der Waals surface area contributed by atoms with Gasteiger partial charge < -0.3 is 5.11 Å². The highest BCUT2D eigenvalue weighted by Crippen LogP contribution is 2.32. The van der Waals surface area contributed by atoms with Crippen molar-refractivity contribution in [1.29, 1.82) is 0 Å². The molecule has 0 atom stereocenters. The highest BCUT2D eigenvalue weighted by molar-refractivity contribution is 9.10. The van der Waals surface area contributed by atoms with Crippen LogP contribution in [-0.4, -0.2) is 11.4 Å². The molecule has 0 fully saturated rings. The molecule has 72 valence electrons. The van der Waals surface area contributed by atoms with Crippen LogP contribution >= 0.6 is 27.3 Å². The molecule has 1 N–H and O–H groups in total. The van der Waals surface area contributed by atoms with E-state index in [0.29, 0.717) is 4.88 Å². The molecule has 4 heteroatoms. The third-order valence-corrected chi connectivity index (χ3v) is 3.95. The molecule has 0 aliphatic rings. The summed E-state index contributed by atoms with van der Waals surface area (Å²) in [5, 5.41) is 9.99. The summed E-state index contributed by atoms with van der Waals surface area (Å²) in [5.74, 6) is 0. The van der Waals surface area contributed by atoms with Gasteiger partial charge in [-0.2, -0.15) is 0 Å². The van der Waals surface area contributed by atoms with Crippen molar-refractivity contribution < 1.29 is 9.90 Å². The number of hydrogen-bond acceptors (Lipinski definition) is 3. The fourth-order valence-corrected chi connectivity index (χ4v) is 2.97. The number of aliphatic hydroxyl groups excluding tert-OH is 1. The average molecular weight is 271 g/mol. The zero-order valence-electron chi connectivity index (χ0n) is 7.16. The van der Waals surface area contributed by atoms with Crippen molar-refractivity contribution in [1.82, 2.24) is 0 Å². The normalized spacial score (nSPS) is 10.7. The minimum atomic E-state index is 0.0147. The molecule has 0 amide bonds. The summed E-state index contributed by atoms with van der Waals surface area (Å²) in [7, 11) is 0. The molecule has 2 aromatic rings. The van der Waals surface area contributed by atoms with Gasteiger partial charge in [0.2, 0.25) is 0 Å². The topological polar surface area (TPSA) is 37.3 Å². The van der Waals surface area contributed by atoms with Crippen LogP contribution in [0.5, 0.6) is 0 Å². The first-order valence-corrected chi connectivity index (χ1v) is 5.63. The Kier molecular flexibility index (Phi) is 2.67. The van der Waals surface area contributed by atoms with Crippen LogP contribution < -0.4 is 0 Å². The quantitative estimate of drug-likeness (QED) is 0.852. The molecule has 0 saturated heterocycles. The fraction of sp³-hybridized carbons (Fsp3) is 0.100. The number of halogens is 1. The molecule has 1 aromatic carbocycles. The van der Waals surface area contributed by atoms with Crippen LogP contribution in [0.4, 0.5) is 0 Å². The number of benzene rings is 1. The lowest BCUT2D eigenvalue weighted by molar-refractivity contribution is 0.112. The monoisotopic (exact) mass is 270 g/mol. The molecule has 2 nitrogen and oxygen atoms in total. The number of aldehydes is 1. The zero-order chi connectivity index (χ0) is 10.1. The lowest BCUT2D eigenvalue weighted by atomic mass is 10.2. The van der Waals surface area contributed by atoms with Crippen molar-refractivity contribution in [2.75, 3.05) is 0 Å². The zero-order valence-corrected chi connectivity index (χ0v) is 9.56. The molecule has 1 heterocycles. The van der Waals surface area contributed by atoms with Crippen molar-refractivity contribution in [3.63, 3.8) is 0 Å². The number of fused-ring (bicyclic) bond motifs is 1. The Bertz CT molecular complexity index is 490. The van der Waals surface area contributed by atoms with Crippen LogP contribution in [0, 0.1) is 0 Å². The van der Waals surface area contributed by atoms with Gasteiger partial charge in [0.1, 0.15) is 0 Å². The van der Waals surface area contributed by atoms with Crippen LogP contribution in [0.1, 0.15) is 15.2 Å². The first kappa shape index (κ1) is 9.83. The SMILES string of the molecule is O=Cc1cc2cc(CO)cc(Br)c2s1. The third kappa shape index (κ3) is 1.61. The van der Waals surface area contributed by atoms with E-state index in [4.69, 9.17) is 5.11 Å². The van der Waals surface area contributed by atoms with Crippen LogP contribution in [-0.2, 0) is 6.61 Å². The second-order valence-electron chi connectivity index (χ2n) is 2.92. The van der Waals surface area contributed by atoms with Gasteiger partial charge in [0.05, 0.1) is 11.5 Å². The van der Waals surface area contributed by atoms with Gasteiger partial charge in [-0.15, -0.1) is 11.3 Å².